The van der Waals surface area contributed by atoms with Gasteiger partial charge < -0.3 is 25.6 Å². The Morgan fingerprint density at radius 2 is 1.81 bits per heavy atom. The smallest absolute Gasteiger partial charge is 0.391 e. The number of ether oxygens (including phenoxy) is 1. The minimum Gasteiger partial charge on any atom is -0.491 e. The molecule has 1 unspecified atom stereocenters. The summed E-state index contributed by atoms with van der Waals surface area (Å²) in [7, 11) is 0. The fraction of sp³-hybridized carbons (Fsp3) is 0.481. The van der Waals surface area contributed by atoms with Crippen LogP contribution in [0.1, 0.15) is 38.2 Å². The lowest BCUT2D eigenvalue weighted by atomic mass is 9.96. The molecule has 2 saturated heterocycles. The monoisotopic (exact) mass is 518 g/mol. The number of carbonyl (C=O) groups excluding carboxylic acids is 2. The van der Waals surface area contributed by atoms with Gasteiger partial charge in [-0.2, -0.15) is 13.2 Å². The first-order valence-electron chi connectivity index (χ1n) is 12.7. The summed E-state index contributed by atoms with van der Waals surface area (Å²) in [5.41, 5.74) is 3.39. The van der Waals surface area contributed by atoms with Crippen LogP contribution in [0.4, 0.5) is 30.2 Å². The van der Waals surface area contributed by atoms with Crippen molar-refractivity contribution < 1.29 is 27.5 Å². The summed E-state index contributed by atoms with van der Waals surface area (Å²) in [6.45, 7) is 3.95. The molecule has 0 aliphatic carbocycles. The summed E-state index contributed by atoms with van der Waals surface area (Å²) in [5, 5.41) is 8.87. The van der Waals surface area contributed by atoms with Crippen LogP contribution in [-0.2, 0) is 16.1 Å². The van der Waals surface area contributed by atoms with E-state index in [2.05, 4.69) is 16.0 Å². The molecule has 3 N–H and O–H groups in total. The zero-order chi connectivity index (χ0) is 26.4. The van der Waals surface area contributed by atoms with Crippen LogP contribution in [0.2, 0.25) is 0 Å². The second-order valence-corrected chi connectivity index (χ2v) is 9.58. The first kappa shape index (κ1) is 26.6. The lowest BCUT2D eigenvalue weighted by Crippen LogP contribution is -2.39. The Labute approximate surface area is 214 Å². The molecule has 0 saturated carbocycles. The molecule has 37 heavy (non-hydrogen) atoms. The van der Waals surface area contributed by atoms with Crippen LogP contribution in [0.15, 0.2) is 42.5 Å². The van der Waals surface area contributed by atoms with Gasteiger partial charge in [0.05, 0.1) is 24.1 Å². The van der Waals surface area contributed by atoms with Crippen molar-refractivity contribution in [3.8, 4) is 5.75 Å². The maximum absolute atomic E-state index is 13.1. The molecule has 2 heterocycles. The van der Waals surface area contributed by atoms with Gasteiger partial charge in [0, 0.05) is 50.0 Å². The van der Waals surface area contributed by atoms with E-state index in [0.29, 0.717) is 38.5 Å². The summed E-state index contributed by atoms with van der Waals surface area (Å²) in [4.78, 5) is 25.5. The molecule has 7 nitrogen and oxygen atoms in total. The summed E-state index contributed by atoms with van der Waals surface area (Å²) >= 11 is 0. The van der Waals surface area contributed by atoms with Crippen molar-refractivity contribution in [2.75, 3.05) is 36.5 Å². The molecular weight excluding hydrogens is 485 g/mol. The Morgan fingerprint density at radius 1 is 1.11 bits per heavy atom. The summed E-state index contributed by atoms with van der Waals surface area (Å²) < 4.78 is 45.2. The van der Waals surface area contributed by atoms with Crippen molar-refractivity contribution in [1.29, 1.82) is 0 Å². The highest BCUT2D eigenvalue weighted by molar-refractivity contribution is 5.89. The van der Waals surface area contributed by atoms with Crippen LogP contribution in [0.25, 0.3) is 0 Å². The fourth-order valence-corrected chi connectivity index (χ4v) is 4.63. The number of alkyl halides is 3. The Hall–Kier alpha value is -3.43. The number of amides is 2. The third-order valence-electron chi connectivity index (χ3n) is 6.78. The molecule has 2 aromatic carbocycles. The second kappa shape index (κ2) is 11.7. The van der Waals surface area contributed by atoms with Gasteiger partial charge >= 0.3 is 6.18 Å². The average Bonchev–Trinajstić information content (AvgIpc) is 3.33. The highest BCUT2D eigenvalue weighted by Gasteiger charge is 2.41. The van der Waals surface area contributed by atoms with Gasteiger partial charge in [-0.3, -0.25) is 9.59 Å². The van der Waals surface area contributed by atoms with Gasteiger partial charge in [-0.15, -0.1) is 0 Å². The van der Waals surface area contributed by atoms with Gasteiger partial charge in [0.1, 0.15) is 5.75 Å². The third-order valence-corrected chi connectivity index (χ3v) is 6.78. The van der Waals surface area contributed by atoms with E-state index in [-0.39, 0.29) is 37.0 Å². The Morgan fingerprint density at radius 3 is 2.43 bits per heavy atom. The molecule has 200 valence electrons. The van der Waals surface area contributed by atoms with E-state index in [1.165, 1.54) is 0 Å². The predicted octanol–water partition coefficient (Wildman–Crippen LogP) is 4.75. The van der Waals surface area contributed by atoms with E-state index in [1.54, 1.807) is 0 Å². The minimum absolute atomic E-state index is 0.0825. The van der Waals surface area contributed by atoms with Crippen LogP contribution < -0.4 is 25.6 Å². The molecule has 0 radical (unpaired) electrons. The molecule has 10 heteroatoms. The number of hydrogen-bond donors (Lipinski definition) is 3. The summed E-state index contributed by atoms with van der Waals surface area (Å²) in [6.07, 6.45) is -2.93. The van der Waals surface area contributed by atoms with Crippen LogP contribution >= 0.6 is 0 Å². The van der Waals surface area contributed by atoms with E-state index >= 15 is 0 Å². The number of benzene rings is 2. The van der Waals surface area contributed by atoms with Gasteiger partial charge in [0.25, 0.3) is 0 Å². The summed E-state index contributed by atoms with van der Waals surface area (Å²) in [5.74, 6) is -1.15. The first-order valence-corrected chi connectivity index (χ1v) is 12.7. The summed E-state index contributed by atoms with van der Waals surface area (Å²) in [6, 6.07) is 13.3. The third kappa shape index (κ3) is 7.08. The van der Waals surface area contributed by atoms with Gasteiger partial charge in [-0.1, -0.05) is 19.1 Å². The normalized spacial score (nSPS) is 18.4. The zero-order valence-electron chi connectivity index (χ0n) is 20.9. The van der Waals surface area contributed by atoms with Crippen molar-refractivity contribution in [1.82, 2.24) is 10.6 Å². The molecule has 2 fully saturated rings. The number of anilines is 3. The van der Waals surface area contributed by atoms with E-state index in [4.69, 9.17) is 4.74 Å². The molecule has 4 rings (SSSR count). The van der Waals surface area contributed by atoms with Gasteiger partial charge in [-0.05, 0) is 49.1 Å². The lowest BCUT2D eigenvalue weighted by molar-refractivity contribution is -0.179. The van der Waals surface area contributed by atoms with E-state index in [0.717, 1.165) is 29.0 Å². The molecule has 0 spiro atoms. The molecule has 0 bridgehead atoms. The van der Waals surface area contributed by atoms with E-state index in [1.807, 2.05) is 54.3 Å². The average molecular weight is 519 g/mol. The van der Waals surface area contributed by atoms with E-state index in [9.17, 15) is 22.8 Å². The highest BCUT2D eigenvalue weighted by Crippen LogP contribution is 2.39. The molecular formula is C27H33F3N4O3. The Bertz CT molecular complexity index is 1080. The quantitative estimate of drug-likeness (QED) is 0.446. The largest absolute Gasteiger partial charge is 0.491 e. The molecule has 2 aliphatic rings. The number of nitrogens with one attached hydrogen (secondary N) is 3. The number of nitrogens with zero attached hydrogens (tertiary/aromatic N) is 1. The van der Waals surface area contributed by atoms with Gasteiger partial charge in [0.15, 0.2) is 0 Å². The maximum Gasteiger partial charge on any atom is 0.391 e. The highest BCUT2D eigenvalue weighted by atomic mass is 19.4. The van der Waals surface area contributed by atoms with Crippen LogP contribution in [0.3, 0.4) is 0 Å². The molecule has 2 aromatic rings. The molecule has 2 aliphatic heterocycles. The number of piperidine rings is 1. The Balaban J connectivity index is 1.36. The standard InChI is InChI=1S/C27H33F3N4O3/c1-2-13-37-24-15-22(7-8-23(24)34-11-9-20(10-12-34)27(28,29)30)33-21-5-3-18(4-6-21)16-32-26(36)19-14-25(35)31-17-19/h3-8,15,19-20,33H,2,9-14,16-17H2,1H3,(H,31,35)(H,32,36). The second-order valence-electron chi connectivity index (χ2n) is 9.58. The number of hydrogen-bond acceptors (Lipinski definition) is 5. The van der Waals surface area contributed by atoms with Gasteiger partial charge in [-0.25, -0.2) is 0 Å². The minimum atomic E-state index is -4.14. The SMILES string of the molecule is CCCOc1cc(Nc2ccc(CNC(=O)C3CNC(=O)C3)cc2)ccc1N1CCC(C(F)(F)F)CC1. The van der Waals surface area contributed by atoms with Crippen LogP contribution in [-0.4, -0.2) is 44.2 Å². The van der Waals surface area contributed by atoms with Gasteiger partial charge in [0.2, 0.25) is 11.8 Å². The molecule has 2 amide bonds. The van der Waals surface area contributed by atoms with Crippen molar-refractivity contribution >= 4 is 28.9 Å². The number of carbonyl (C=O) groups is 2. The maximum atomic E-state index is 13.1. The Kier molecular flexibility index (Phi) is 8.45. The van der Waals surface area contributed by atoms with Crippen molar-refractivity contribution in [2.24, 2.45) is 11.8 Å². The lowest BCUT2D eigenvalue weighted by Gasteiger charge is -2.35. The van der Waals surface area contributed by atoms with Crippen LogP contribution in [0.5, 0.6) is 5.75 Å². The number of rotatable bonds is 9. The molecule has 1 atom stereocenters. The first-order chi connectivity index (χ1) is 17.7. The fourth-order valence-electron chi connectivity index (χ4n) is 4.63. The van der Waals surface area contributed by atoms with Crippen LogP contribution in [0, 0.1) is 11.8 Å². The topological polar surface area (TPSA) is 82.7 Å². The zero-order valence-corrected chi connectivity index (χ0v) is 20.9. The van der Waals surface area contributed by atoms with Crippen molar-refractivity contribution in [2.45, 2.75) is 45.3 Å². The van der Waals surface area contributed by atoms with Crippen molar-refractivity contribution in [3.05, 3.63) is 48.0 Å². The van der Waals surface area contributed by atoms with Crippen molar-refractivity contribution in [3.63, 3.8) is 0 Å². The number of halogens is 3. The van der Waals surface area contributed by atoms with E-state index < -0.39 is 12.1 Å². The molecule has 0 aromatic heterocycles. The predicted molar refractivity (Wildman–Crippen MR) is 136 cm³/mol.